The second kappa shape index (κ2) is 12.5. The van der Waals surface area contributed by atoms with Gasteiger partial charge in [-0.2, -0.15) is 0 Å². The Bertz CT molecular complexity index is 1750. The van der Waals surface area contributed by atoms with Crippen LogP contribution in [-0.2, 0) is 0 Å². The van der Waals surface area contributed by atoms with Crippen LogP contribution in [0.3, 0.4) is 0 Å². The van der Waals surface area contributed by atoms with Crippen LogP contribution in [0.25, 0.3) is 33.4 Å². The van der Waals surface area contributed by atoms with E-state index in [1.807, 2.05) is 0 Å². The molecule has 0 N–H and O–H groups in total. The first kappa shape index (κ1) is 34.3. The van der Waals surface area contributed by atoms with E-state index in [1.165, 1.54) is 66.1 Å². The Balaban J connectivity index is 1.95. The average Bonchev–Trinajstić information content (AvgIpc) is 3.49. The molecular weight excluding hydrogens is 585 g/mol. The summed E-state index contributed by atoms with van der Waals surface area (Å²) < 4.78 is 0. The summed E-state index contributed by atoms with van der Waals surface area (Å²) in [6.07, 6.45) is 0. The summed E-state index contributed by atoms with van der Waals surface area (Å²) in [7, 11) is -3.83. The van der Waals surface area contributed by atoms with Crippen molar-refractivity contribution in [2.45, 2.75) is 130 Å². The molecule has 0 heterocycles. The lowest BCUT2D eigenvalue weighted by Crippen LogP contribution is -2.43. The maximum Gasteiger partial charge on any atom is 0.146 e. The molecule has 0 fully saturated rings. The maximum atomic E-state index is 4.10. The molecule has 0 saturated heterocycles. The van der Waals surface area contributed by atoms with Crippen LogP contribution in [0.2, 0.25) is 33.2 Å². The predicted molar refractivity (Wildman–Crippen MR) is 209 cm³/mol. The first-order valence-corrected chi connectivity index (χ1v) is 22.3. The molecule has 0 saturated carbocycles. The minimum absolute atomic E-state index is 0.598. The van der Waals surface area contributed by atoms with Gasteiger partial charge in [0.15, 0.2) is 0 Å². The van der Waals surface area contributed by atoms with E-state index >= 15 is 0 Å². The molecule has 46 heavy (non-hydrogen) atoms. The summed E-state index contributed by atoms with van der Waals surface area (Å²) in [4.78, 5) is 0. The molecule has 0 aromatic heterocycles. The van der Waals surface area contributed by atoms with E-state index in [0.717, 1.165) is 0 Å². The van der Waals surface area contributed by atoms with E-state index in [9.17, 15) is 0 Å². The van der Waals surface area contributed by atoms with E-state index in [4.69, 9.17) is 0 Å². The topological polar surface area (TPSA) is 0 Å². The van der Waals surface area contributed by atoms with Crippen molar-refractivity contribution in [2.75, 3.05) is 0 Å². The largest absolute Gasteiger partial charge is 0.146 e. The first-order valence-electron chi connectivity index (χ1n) is 17.8. The van der Waals surface area contributed by atoms with Crippen molar-refractivity contribution in [1.29, 1.82) is 0 Å². The zero-order valence-corrected chi connectivity index (χ0v) is 33.1. The van der Waals surface area contributed by atoms with Gasteiger partial charge in [0, 0.05) is 21.6 Å². The van der Waals surface area contributed by atoms with Gasteiger partial charge in [-0.25, -0.2) is 0 Å². The van der Waals surface area contributed by atoms with Crippen LogP contribution in [0.4, 0.5) is 0 Å². The Morgan fingerprint density at radius 3 is 0.935 bits per heavy atom. The van der Waals surface area contributed by atoms with Gasteiger partial charge >= 0.3 is 0 Å². The van der Waals surface area contributed by atoms with Gasteiger partial charge in [-0.05, 0) is 91.6 Å². The molecule has 0 nitrogen and oxygen atoms in total. The molecule has 0 spiro atoms. The normalized spacial score (nSPS) is 13.7. The molecule has 3 aromatic rings. The van der Waals surface area contributed by atoms with Crippen molar-refractivity contribution >= 4 is 27.3 Å². The number of benzene rings is 3. The Kier molecular flexibility index (Phi) is 9.34. The molecule has 0 radical (unpaired) electrons. The SMILES string of the molecule is Cc1c2c(c(C)c3c1=C(C#C[Si](C(C)C)(C(C)C)C(C)C)c1ccccc1-3)=C(C#C[Si](C(C)C)(C(C)C)C(C)C)c1ccccc1-2. The fraction of sp³-hybridized carbons (Fsp3) is 0.455. The lowest BCUT2D eigenvalue weighted by atomic mass is 9.91. The second-order valence-corrected chi connectivity index (χ2v) is 27.0. The van der Waals surface area contributed by atoms with Gasteiger partial charge in [0.2, 0.25) is 0 Å². The zero-order chi connectivity index (χ0) is 33.9. The lowest BCUT2D eigenvalue weighted by molar-refractivity contribution is 0.838. The summed E-state index contributed by atoms with van der Waals surface area (Å²) in [5.74, 6) is 7.91. The van der Waals surface area contributed by atoms with Crippen LogP contribution >= 0.6 is 0 Å². The van der Waals surface area contributed by atoms with Gasteiger partial charge in [0.05, 0.1) is 0 Å². The third kappa shape index (κ3) is 4.95. The first-order chi connectivity index (χ1) is 21.6. The van der Waals surface area contributed by atoms with E-state index < -0.39 is 16.1 Å². The van der Waals surface area contributed by atoms with Gasteiger partial charge in [0.1, 0.15) is 16.1 Å². The quantitative estimate of drug-likeness (QED) is 0.186. The molecule has 3 aromatic carbocycles. The van der Waals surface area contributed by atoms with Crippen LogP contribution in [0.15, 0.2) is 48.5 Å². The lowest BCUT2D eigenvalue weighted by Gasteiger charge is -2.38. The van der Waals surface area contributed by atoms with Crippen LogP contribution < -0.4 is 10.4 Å². The van der Waals surface area contributed by atoms with Crippen molar-refractivity contribution in [3.8, 4) is 45.2 Å². The number of fused-ring (bicyclic) bond motifs is 6. The molecule has 2 aliphatic rings. The fourth-order valence-electron chi connectivity index (χ4n) is 9.87. The smallest absolute Gasteiger partial charge is 0.125 e. The van der Waals surface area contributed by atoms with Crippen molar-refractivity contribution < 1.29 is 0 Å². The molecule has 0 atom stereocenters. The molecule has 0 bridgehead atoms. The van der Waals surface area contributed by atoms with Gasteiger partial charge in [-0.1, -0.05) is 143 Å². The second-order valence-electron chi connectivity index (χ2n) is 15.9. The Labute approximate surface area is 282 Å². The van der Waals surface area contributed by atoms with E-state index in [1.54, 1.807) is 0 Å². The Hall–Kier alpha value is -3.05. The van der Waals surface area contributed by atoms with Crippen LogP contribution in [0.5, 0.6) is 0 Å². The third-order valence-corrected chi connectivity index (χ3v) is 24.6. The van der Waals surface area contributed by atoms with Crippen molar-refractivity contribution in [1.82, 2.24) is 0 Å². The summed E-state index contributed by atoms with van der Waals surface area (Å²) in [5, 5.41) is 2.70. The summed E-state index contributed by atoms with van der Waals surface area (Å²) in [5.41, 5.74) is 24.9. The van der Waals surface area contributed by atoms with E-state index in [2.05, 4.69) is 168 Å². The molecule has 0 amide bonds. The molecule has 2 aliphatic carbocycles. The monoisotopic (exact) mass is 640 g/mol. The maximum absolute atomic E-state index is 4.10. The minimum Gasteiger partial charge on any atom is -0.125 e. The Morgan fingerprint density at radius 2 is 0.674 bits per heavy atom. The summed E-state index contributed by atoms with van der Waals surface area (Å²) in [6.45, 7) is 33.6. The summed E-state index contributed by atoms with van der Waals surface area (Å²) in [6, 6.07) is 18.0. The van der Waals surface area contributed by atoms with Gasteiger partial charge in [-0.3, -0.25) is 0 Å². The van der Waals surface area contributed by atoms with Crippen LogP contribution in [0.1, 0.15) is 105 Å². The standard InChI is InChI=1S/C44H56Si2/c1-27(2)45(28(3)4,29(5)6)25-23-39-35-19-15-17-21-37(35)41-34(14)44-40(24-26-46(30(7)8,31(9)10)32(11)12)36-20-16-18-22-38(36)42(44)33(13)43(39)41/h15-22,27-32H,1-14H3. The Morgan fingerprint density at radius 1 is 0.413 bits per heavy atom. The zero-order valence-electron chi connectivity index (χ0n) is 31.1. The number of rotatable bonds is 6. The van der Waals surface area contributed by atoms with Crippen molar-refractivity contribution in [2.24, 2.45) is 0 Å². The van der Waals surface area contributed by atoms with Crippen LogP contribution in [-0.4, -0.2) is 16.1 Å². The van der Waals surface area contributed by atoms with Gasteiger partial charge in [-0.15, -0.1) is 11.1 Å². The number of hydrogen-bond acceptors (Lipinski definition) is 0. The predicted octanol–water partition coefficient (Wildman–Crippen LogP) is 11.1. The molecule has 2 heteroatoms. The van der Waals surface area contributed by atoms with Gasteiger partial charge in [0.25, 0.3) is 0 Å². The third-order valence-electron chi connectivity index (χ3n) is 12.0. The highest BCUT2D eigenvalue weighted by atomic mass is 28.3. The van der Waals surface area contributed by atoms with Crippen molar-refractivity contribution in [3.63, 3.8) is 0 Å². The fourth-order valence-corrected chi connectivity index (χ4v) is 20.3. The molecule has 0 aliphatic heterocycles. The average molecular weight is 641 g/mol. The molecule has 5 rings (SSSR count). The van der Waals surface area contributed by atoms with Gasteiger partial charge < -0.3 is 0 Å². The van der Waals surface area contributed by atoms with Crippen LogP contribution in [0, 0.1) is 36.8 Å². The molecular formula is C44H56Si2. The van der Waals surface area contributed by atoms with Crippen molar-refractivity contribution in [3.05, 3.63) is 81.2 Å². The highest BCUT2D eigenvalue weighted by Gasteiger charge is 2.43. The summed E-state index contributed by atoms with van der Waals surface area (Å²) >= 11 is 0. The number of hydrogen-bond donors (Lipinski definition) is 0. The minimum atomic E-state index is -1.92. The highest BCUT2D eigenvalue weighted by Crippen LogP contribution is 2.44. The molecule has 240 valence electrons. The molecule has 0 unspecified atom stereocenters. The van der Waals surface area contributed by atoms with E-state index in [0.29, 0.717) is 33.2 Å². The van der Waals surface area contributed by atoms with E-state index in [-0.39, 0.29) is 0 Å². The highest BCUT2D eigenvalue weighted by molar-refractivity contribution is 6.91.